The molecule has 3 rings (SSSR count). The molecule has 0 saturated carbocycles. The number of allylic oxidation sites excluding steroid dienone is 1. The Morgan fingerprint density at radius 1 is 0.381 bits per heavy atom. The maximum Gasteiger partial charge on any atom is 0.258 e. The van der Waals surface area contributed by atoms with Crippen LogP contribution in [-0.2, 0) is 0 Å². The van der Waals surface area contributed by atoms with Crippen molar-refractivity contribution in [2.45, 2.75) is 39.5 Å². The Balaban J connectivity index is 2.82. The zero-order chi connectivity index (χ0) is 32.0. The first-order valence-electron chi connectivity index (χ1n) is 11.8. The monoisotopic (exact) mass is 622 g/mol. The first-order valence-corrected chi connectivity index (χ1v) is 11.8. The molecule has 42 heavy (non-hydrogen) atoms. The zero-order valence-electron chi connectivity index (χ0n) is 21.1. The van der Waals surface area contributed by atoms with Gasteiger partial charge in [0.2, 0.25) is 5.82 Å². The summed E-state index contributed by atoms with van der Waals surface area (Å²) in [6.07, 6.45) is -1.34. The molecule has 0 bridgehead atoms. The van der Waals surface area contributed by atoms with Crippen molar-refractivity contribution in [3.8, 4) is 0 Å². The molecule has 0 spiro atoms. The second-order valence-corrected chi connectivity index (χ2v) is 8.86. The summed E-state index contributed by atoms with van der Waals surface area (Å²) < 4.78 is 219. The van der Waals surface area contributed by atoms with E-state index in [1.807, 2.05) is 0 Å². The summed E-state index contributed by atoms with van der Waals surface area (Å²) in [7, 11) is 0. The van der Waals surface area contributed by atoms with Gasteiger partial charge in [0.25, 0.3) is 6.71 Å². The summed E-state index contributed by atoms with van der Waals surface area (Å²) in [5, 5.41) is 0. The van der Waals surface area contributed by atoms with Crippen LogP contribution in [0.15, 0.2) is 5.57 Å². The lowest BCUT2D eigenvalue weighted by Crippen LogP contribution is -2.52. The normalized spacial score (nSPS) is 11.4. The minimum Gasteiger partial charge on any atom is -0.204 e. The highest BCUT2D eigenvalue weighted by molar-refractivity contribution is 7.00. The lowest BCUT2D eigenvalue weighted by atomic mass is 9.33. The minimum atomic E-state index is -3.54. The summed E-state index contributed by atoms with van der Waals surface area (Å²) in [6, 6.07) is 0. The first kappa shape index (κ1) is 32.9. The molecule has 3 aromatic rings. The van der Waals surface area contributed by atoms with E-state index in [1.165, 1.54) is 13.8 Å². The molecule has 0 heterocycles. The van der Waals surface area contributed by atoms with Crippen LogP contribution in [0, 0.1) is 87.3 Å². The molecule has 0 aliphatic carbocycles. The van der Waals surface area contributed by atoms with Crippen molar-refractivity contribution in [3.05, 3.63) is 98.4 Å². The van der Waals surface area contributed by atoms with Crippen molar-refractivity contribution < 1.29 is 65.9 Å². The second kappa shape index (κ2) is 12.3. The van der Waals surface area contributed by atoms with Crippen LogP contribution in [0.25, 0.3) is 5.47 Å². The third-order valence-electron chi connectivity index (χ3n) is 6.32. The van der Waals surface area contributed by atoms with E-state index in [9.17, 15) is 39.5 Å². The topological polar surface area (TPSA) is 0 Å². The van der Waals surface area contributed by atoms with Crippen molar-refractivity contribution in [3.63, 3.8) is 0 Å². The van der Waals surface area contributed by atoms with Gasteiger partial charge >= 0.3 is 0 Å². The molecular formula is C26H14BF15. The Kier molecular flexibility index (Phi) is 9.67. The molecule has 0 atom stereocenters. The number of hydrogen-bond acceptors (Lipinski definition) is 0. The molecule has 0 fully saturated rings. The maximum absolute atomic E-state index is 15.2. The Hall–Kier alpha value is -3.59. The summed E-state index contributed by atoms with van der Waals surface area (Å²) in [5.41, 5.74) is -9.23. The van der Waals surface area contributed by atoms with Gasteiger partial charge in [0, 0.05) is 16.5 Å². The molecule has 3 aromatic carbocycles. The number of rotatable bonds is 8. The van der Waals surface area contributed by atoms with E-state index < -0.39 is 134 Å². The third kappa shape index (κ3) is 5.12. The molecule has 16 heteroatoms. The standard InChI is InChI=1S/C26H14BF15/c1-3-5-7(6-4-2)9(8-12(28)18(34)24(40)19(35)13(8)29)27(10-14(30)20(36)25(41)21(37)15(10)31)11-16(32)22(38)26(42)23(39)17(11)33/h3-6H2,1-2H3. The molecule has 0 unspecified atom stereocenters. The Morgan fingerprint density at radius 2 is 0.619 bits per heavy atom. The van der Waals surface area contributed by atoms with Crippen LogP contribution in [0.2, 0.25) is 0 Å². The van der Waals surface area contributed by atoms with Crippen LogP contribution < -0.4 is 10.9 Å². The fourth-order valence-corrected chi connectivity index (χ4v) is 4.55. The van der Waals surface area contributed by atoms with Crippen LogP contribution in [0.3, 0.4) is 0 Å². The highest BCUT2D eigenvalue weighted by Gasteiger charge is 2.45. The lowest BCUT2D eigenvalue weighted by molar-refractivity contribution is 0.376. The predicted octanol–water partition coefficient (Wildman–Crippen LogP) is 7.98. The van der Waals surface area contributed by atoms with Gasteiger partial charge in [-0.15, -0.1) is 0 Å². The molecule has 0 amide bonds. The van der Waals surface area contributed by atoms with Crippen molar-refractivity contribution in [2.75, 3.05) is 0 Å². The summed E-state index contributed by atoms with van der Waals surface area (Å²) in [6.45, 7) is -0.879. The Morgan fingerprint density at radius 3 is 0.881 bits per heavy atom. The molecule has 0 saturated heterocycles. The first-order chi connectivity index (χ1) is 19.6. The van der Waals surface area contributed by atoms with Gasteiger partial charge in [-0.1, -0.05) is 37.7 Å². The van der Waals surface area contributed by atoms with E-state index >= 15 is 26.3 Å². The van der Waals surface area contributed by atoms with Crippen LogP contribution in [-0.4, -0.2) is 6.71 Å². The van der Waals surface area contributed by atoms with Gasteiger partial charge < -0.3 is 0 Å². The fourth-order valence-electron chi connectivity index (χ4n) is 4.55. The lowest BCUT2D eigenvalue weighted by Gasteiger charge is -2.26. The largest absolute Gasteiger partial charge is 0.258 e. The summed E-state index contributed by atoms with van der Waals surface area (Å²) >= 11 is 0. The average molecular weight is 622 g/mol. The summed E-state index contributed by atoms with van der Waals surface area (Å²) in [5.74, 6) is -42.5. The van der Waals surface area contributed by atoms with Crippen molar-refractivity contribution >= 4 is 23.1 Å². The molecule has 0 aliphatic rings. The third-order valence-corrected chi connectivity index (χ3v) is 6.32. The van der Waals surface area contributed by atoms with Gasteiger partial charge in [0.1, 0.15) is 0 Å². The fraction of sp³-hybridized carbons (Fsp3) is 0.231. The van der Waals surface area contributed by atoms with Crippen LogP contribution >= 0.6 is 0 Å². The van der Waals surface area contributed by atoms with Gasteiger partial charge in [-0.25, -0.2) is 65.9 Å². The molecule has 0 radical (unpaired) electrons. The van der Waals surface area contributed by atoms with Gasteiger partial charge in [-0.3, -0.25) is 0 Å². The molecule has 0 nitrogen and oxygen atoms in total. The maximum atomic E-state index is 15.2. The molecule has 0 aromatic heterocycles. The van der Waals surface area contributed by atoms with E-state index in [0.29, 0.717) is 0 Å². The molecular weight excluding hydrogens is 608 g/mol. The molecule has 0 N–H and O–H groups in total. The van der Waals surface area contributed by atoms with E-state index in [-0.39, 0.29) is 12.8 Å². The van der Waals surface area contributed by atoms with Gasteiger partial charge in [0.05, 0.1) is 0 Å². The number of halogens is 15. The van der Waals surface area contributed by atoms with E-state index in [0.717, 1.165) is 0 Å². The number of benzene rings is 3. The van der Waals surface area contributed by atoms with Crippen LogP contribution in [0.5, 0.6) is 0 Å². The van der Waals surface area contributed by atoms with Gasteiger partial charge in [-0.05, 0) is 12.8 Å². The van der Waals surface area contributed by atoms with Crippen LogP contribution in [0.1, 0.15) is 45.1 Å². The molecule has 226 valence electrons. The quantitative estimate of drug-likeness (QED) is 0.104. The SMILES string of the molecule is CCCC(CCC)=C(B(c1c(F)c(F)c(F)c(F)c1F)c1c(F)c(F)c(F)c(F)c1F)c1c(F)c(F)c(F)c(F)c1F. The highest BCUT2D eigenvalue weighted by Crippen LogP contribution is 2.36. The highest BCUT2D eigenvalue weighted by atomic mass is 19.2. The smallest absolute Gasteiger partial charge is 0.204 e. The molecule has 0 aliphatic heterocycles. The Bertz CT molecular complexity index is 1450. The van der Waals surface area contributed by atoms with Crippen LogP contribution in [0.4, 0.5) is 65.9 Å². The van der Waals surface area contributed by atoms with E-state index in [1.54, 1.807) is 0 Å². The zero-order valence-corrected chi connectivity index (χ0v) is 21.1. The van der Waals surface area contributed by atoms with Crippen molar-refractivity contribution in [1.82, 2.24) is 0 Å². The van der Waals surface area contributed by atoms with E-state index in [2.05, 4.69) is 0 Å². The van der Waals surface area contributed by atoms with Crippen molar-refractivity contribution in [2.24, 2.45) is 0 Å². The predicted molar refractivity (Wildman–Crippen MR) is 120 cm³/mol. The minimum absolute atomic E-state index is 0.130. The number of hydrogen-bond donors (Lipinski definition) is 0. The summed E-state index contributed by atoms with van der Waals surface area (Å²) in [4.78, 5) is 0. The van der Waals surface area contributed by atoms with Crippen molar-refractivity contribution in [1.29, 1.82) is 0 Å². The van der Waals surface area contributed by atoms with E-state index in [4.69, 9.17) is 0 Å². The second-order valence-electron chi connectivity index (χ2n) is 8.86. The Labute approximate surface area is 227 Å². The van der Waals surface area contributed by atoms with Gasteiger partial charge in [0.15, 0.2) is 81.4 Å². The van der Waals surface area contributed by atoms with Gasteiger partial charge in [-0.2, -0.15) is 0 Å². The average Bonchev–Trinajstić information content (AvgIpc) is 2.96.